The number of fused-ring (bicyclic) bond motifs is 1. The number of aromatic nitrogens is 6. The minimum atomic E-state index is -4.71. The molecule has 0 fully saturated rings. The third kappa shape index (κ3) is 4.48. The van der Waals surface area contributed by atoms with Crippen molar-refractivity contribution in [2.45, 2.75) is 26.4 Å². The van der Waals surface area contributed by atoms with Crippen molar-refractivity contribution in [2.75, 3.05) is 0 Å². The maximum atomic E-state index is 14.3. The van der Waals surface area contributed by atoms with Gasteiger partial charge in [0.15, 0.2) is 5.69 Å². The molecule has 0 aliphatic heterocycles. The van der Waals surface area contributed by atoms with Gasteiger partial charge < -0.3 is 10.3 Å². The van der Waals surface area contributed by atoms with Gasteiger partial charge in [0.2, 0.25) is 5.91 Å². The lowest BCUT2D eigenvalue weighted by Gasteiger charge is -2.14. The fraction of sp³-hybridized carbons (Fsp3) is 0.231. The monoisotopic (exact) mass is 507 g/mol. The van der Waals surface area contributed by atoms with Crippen molar-refractivity contribution in [1.82, 2.24) is 29.1 Å². The summed E-state index contributed by atoms with van der Waals surface area (Å²) in [4.78, 5) is 16.1. The molecule has 0 bridgehead atoms. The molecule has 0 spiro atoms. The Morgan fingerprint density at radius 1 is 1.11 bits per heavy atom. The van der Waals surface area contributed by atoms with E-state index in [1.54, 1.807) is 65.2 Å². The van der Waals surface area contributed by atoms with Gasteiger partial charge in [-0.15, -0.1) is 0 Å². The Labute approximate surface area is 210 Å². The van der Waals surface area contributed by atoms with Crippen LogP contribution in [0.1, 0.15) is 35.5 Å². The number of nitrogens with two attached hydrogens (primary N) is 1. The summed E-state index contributed by atoms with van der Waals surface area (Å²) < 4.78 is 47.4. The molecule has 2 aromatic carbocycles. The highest BCUT2D eigenvalue weighted by Gasteiger charge is 2.38. The van der Waals surface area contributed by atoms with Gasteiger partial charge in [0.25, 0.3) is 0 Å². The molecular weight excluding hydrogens is 483 g/mol. The van der Waals surface area contributed by atoms with Crippen molar-refractivity contribution in [3.63, 3.8) is 0 Å². The second kappa shape index (κ2) is 8.91. The Kier molecular flexibility index (Phi) is 5.85. The van der Waals surface area contributed by atoms with E-state index in [9.17, 15) is 18.0 Å². The minimum Gasteiger partial charge on any atom is -0.366 e. The predicted octanol–water partition coefficient (Wildman–Crippen LogP) is 4.93. The third-order valence-electron chi connectivity index (χ3n) is 6.04. The second-order valence-corrected chi connectivity index (χ2v) is 9.30. The Morgan fingerprint density at radius 3 is 2.54 bits per heavy atom. The molecule has 0 aliphatic rings. The molecule has 5 aromatic rings. The highest BCUT2D eigenvalue weighted by atomic mass is 19.4. The van der Waals surface area contributed by atoms with E-state index in [1.807, 2.05) is 13.8 Å². The topological polar surface area (TPSA) is 96.6 Å². The standard InChI is InChI=1S/C26H24F3N7O/c1-15(2)9-17-10-16(25(30)37)7-8-20(17)36-22-6-4-5-21(23(22)24(33-36)26(27,28)29)35-13-19(31-14-35)18-11-32-34(3)12-18/h4-8,10-15H,9H2,1-3H3,(H2,30,37). The molecule has 1 amide bonds. The fourth-order valence-corrected chi connectivity index (χ4v) is 4.45. The minimum absolute atomic E-state index is 0.0559. The van der Waals surface area contributed by atoms with E-state index in [0.29, 0.717) is 23.4 Å². The van der Waals surface area contributed by atoms with Gasteiger partial charge in [-0.2, -0.15) is 23.4 Å². The van der Waals surface area contributed by atoms with E-state index in [0.717, 1.165) is 5.56 Å². The number of aryl methyl sites for hydroxylation is 1. The summed E-state index contributed by atoms with van der Waals surface area (Å²) in [6, 6.07) is 9.60. The van der Waals surface area contributed by atoms with Crippen LogP contribution in [0.25, 0.3) is 33.5 Å². The first-order chi connectivity index (χ1) is 17.5. The molecule has 0 atom stereocenters. The van der Waals surface area contributed by atoms with E-state index in [-0.39, 0.29) is 28.1 Å². The van der Waals surface area contributed by atoms with Crippen LogP contribution >= 0.6 is 0 Å². The van der Waals surface area contributed by atoms with Crippen LogP contribution in [0.2, 0.25) is 0 Å². The molecule has 11 heteroatoms. The van der Waals surface area contributed by atoms with Crippen LogP contribution < -0.4 is 5.73 Å². The molecular formula is C26H24F3N7O. The summed E-state index contributed by atoms with van der Waals surface area (Å²) in [5.41, 5.74) is 7.75. The molecule has 3 heterocycles. The van der Waals surface area contributed by atoms with Crippen molar-refractivity contribution < 1.29 is 18.0 Å². The van der Waals surface area contributed by atoms with Gasteiger partial charge in [-0.3, -0.25) is 9.48 Å². The lowest BCUT2D eigenvalue weighted by atomic mass is 9.98. The van der Waals surface area contributed by atoms with E-state index in [4.69, 9.17) is 5.73 Å². The number of hydrogen-bond acceptors (Lipinski definition) is 4. The number of carbonyl (C=O) groups excluding carboxylic acids is 1. The van der Waals surface area contributed by atoms with Crippen LogP contribution in [0, 0.1) is 5.92 Å². The Bertz CT molecular complexity index is 1620. The summed E-state index contributed by atoms with van der Waals surface area (Å²) in [6.45, 7) is 3.97. The maximum Gasteiger partial charge on any atom is 0.435 e. The summed E-state index contributed by atoms with van der Waals surface area (Å²) in [5, 5.41) is 8.13. The molecule has 5 rings (SSSR count). The van der Waals surface area contributed by atoms with Crippen LogP contribution in [0.3, 0.4) is 0 Å². The fourth-order valence-electron chi connectivity index (χ4n) is 4.45. The summed E-state index contributed by atoms with van der Waals surface area (Å²) in [7, 11) is 1.77. The Hall–Kier alpha value is -4.41. The van der Waals surface area contributed by atoms with Gasteiger partial charge in [-0.25, -0.2) is 9.67 Å². The normalized spacial score (nSPS) is 12.1. The first-order valence-electron chi connectivity index (χ1n) is 11.6. The van der Waals surface area contributed by atoms with Crippen LogP contribution in [0.4, 0.5) is 13.2 Å². The first kappa shape index (κ1) is 24.3. The summed E-state index contributed by atoms with van der Waals surface area (Å²) >= 11 is 0. The number of imidazole rings is 1. The van der Waals surface area contributed by atoms with Crippen molar-refractivity contribution in [2.24, 2.45) is 18.7 Å². The largest absolute Gasteiger partial charge is 0.435 e. The van der Waals surface area contributed by atoms with Gasteiger partial charge in [-0.05, 0) is 48.2 Å². The number of benzene rings is 2. The molecule has 37 heavy (non-hydrogen) atoms. The molecule has 190 valence electrons. The zero-order chi connectivity index (χ0) is 26.5. The Morgan fingerprint density at radius 2 is 1.89 bits per heavy atom. The number of alkyl halides is 3. The number of amides is 1. The van der Waals surface area contributed by atoms with Gasteiger partial charge >= 0.3 is 6.18 Å². The number of hydrogen-bond donors (Lipinski definition) is 1. The second-order valence-electron chi connectivity index (χ2n) is 9.30. The smallest absolute Gasteiger partial charge is 0.366 e. The lowest BCUT2D eigenvalue weighted by Crippen LogP contribution is -2.13. The highest BCUT2D eigenvalue weighted by Crippen LogP contribution is 2.39. The van der Waals surface area contributed by atoms with Gasteiger partial charge in [0.05, 0.1) is 40.5 Å². The number of nitrogens with zero attached hydrogens (tertiary/aromatic N) is 6. The van der Waals surface area contributed by atoms with E-state index in [2.05, 4.69) is 15.2 Å². The van der Waals surface area contributed by atoms with E-state index >= 15 is 0 Å². The van der Waals surface area contributed by atoms with Crippen LogP contribution in [0.15, 0.2) is 61.3 Å². The lowest BCUT2D eigenvalue weighted by molar-refractivity contribution is -0.140. The van der Waals surface area contributed by atoms with E-state index < -0.39 is 17.8 Å². The number of carbonyl (C=O) groups is 1. The first-order valence-corrected chi connectivity index (χ1v) is 11.6. The molecule has 2 N–H and O–H groups in total. The number of halogens is 3. The zero-order valence-electron chi connectivity index (χ0n) is 20.4. The average molecular weight is 508 g/mol. The molecule has 0 saturated carbocycles. The number of primary amides is 1. The molecule has 8 nitrogen and oxygen atoms in total. The van der Waals surface area contributed by atoms with Crippen LogP contribution in [0.5, 0.6) is 0 Å². The predicted molar refractivity (Wildman–Crippen MR) is 132 cm³/mol. The van der Waals surface area contributed by atoms with Gasteiger partial charge in [-0.1, -0.05) is 19.9 Å². The summed E-state index contributed by atoms with van der Waals surface area (Å²) in [6.07, 6.45) is 2.36. The van der Waals surface area contributed by atoms with Crippen molar-refractivity contribution in [3.8, 4) is 22.6 Å². The Balaban J connectivity index is 1.74. The van der Waals surface area contributed by atoms with Gasteiger partial charge in [0, 0.05) is 30.6 Å². The maximum absolute atomic E-state index is 14.3. The number of rotatable bonds is 6. The van der Waals surface area contributed by atoms with Crippen LogP contribution in [-0.2, 0) is 19.6 Å². The summed E-state index contributed by atoms with van der Waals surface area (Å²) in [5.74, 6) is -0.428. The molecule has 0 aliphatic carbocycles. The highest BCUT2D eigenvalue weighted by molar-refractivity contribution is 5.94. The molecule has 0 unspecified atom stereocenters. The zero-order valence-corrected chi connectivity index (χ0v) is 20.4. The van der Waals surface area contributed by atoms with Crippen LogP contribution in [-0.4, -0.2) is 35.0 Å². The molecule has 0 radical (unpaired) electrons. The SMILES string of the molecule is CC(C)Cc1cc(C(N)=O)ccc1-n1nc(C(F)(F)F)c2c(-n3cnc(-c4cnn(C)c4)c3)cccc21. The average Bonchev–Trinajstić information content (AvgIpc) is 3.56. The van der Waals surface area contributed by atoms with Crippen molar-refractivity contribution in [3.05, 3.63) is 78.1 Å². The molecule has 0 saturated heterocycles. The quantitative estimate of drug-likeness (QED) is 0.353. The van der Waals surface area contributed by atoms with E-state index in [1.165, 1.54) is 17.1 Å². The molecule has 3 aromatic heterocycles. The van der Waals surface area contributed by atoms with Gasteiger partial charge in [0.1, 0.15) is 0 Å². The van der Waals surface area contributed by atoms with Crippen molar-refractivity contribution >= 4 is 16.8 Å². The van der Waals surface area contributed by atoms with Crippen molar-refractivity contribution in [1.29, 1.82) is 0 Å². The third-order valence-corrected chi connectivity index (χ3v) is 6.04.